The largest absolute Gasteiger partial charge is 2.00 e. The Morgan fingerprint density at radius 1 is 0.386 bits per heavy atom. The minimum Gasteiger partial charge on any atom is -0.744 e. The second-order valence-corrected chi connectivity index (χ2v) is 18.5. The van der Waals surface area contributed by atoms with Crippen molar-refractivity contribution in [3.05, 3.63) is 82.9 Å². The smallest absolute Gasteiger partial charge is 0.744 e. The van der Waals surface area contributed by atoms with E-state index in [-0.39, 0.29) is 47.5 Å². The van der Waals surface area contributed by atoms with Crippen LogP contribution in [0.4, 0.5) is 0 Å². The number of hydrogen-bond acceptors (Lipinski definition) is 6. The Hall–Kier alpha value is -1.52. The monoisotopic (exact) mass is 846 g/mol. The van der Waals surface area contributed by atoms with Crippen molar-refractivity contribution < 1.29 is 25.9 Å². The third kappa shape index (κ3) is 18.3. The first-order valence-electron chi connectivity index (χ1n) is 21.9. The van der Waals surface area contributed by atoms with E-state index in [9.17, 15) is 25.9 Å². The summed E-state index contributed by atoms with van der Waals surface area (Å²) < 4.78 is 69.9. The second-order valence-electron chi connectivity index (χ2n) is 15.8. The van der Waals surface area contributed by atoms with Gasteiger partial charge in [0.05, 0.1) is 9.79 Å². The predicted octanol–water partition coefficient (Wildman–Crippen LogP) is 13.2. The summed E-state index contributed by atoms with van der Waals surface area (Å²) in [5, 5.41) is 4.10. The maximum atomic E-state index is 11.6. The molecular formula is C48H70CaO6S2. The molecule has 0 spiro atoms. The van der Waals surface area contributed by atoms with Gasteiger partial charge in [0.15, 0.2) is 0 Å². The van der Waals surface area contributed by atoms with Gasteiger partial charge in [0.1, 0.15) is 20.2 Å². The molecule has 0 saturated carbocycles. The molecular weight excluding hydrogens is 777 g/mol. The topological polar surface area (TPSA) is 114 Å². The van der Waals surface area contributed by atoms with Crippen molar-refractivity contribution in [2.75, 3.05) is 0 Å². The van der Waals surface area contributed by atoms with Gasteiger partial charge in [-0.1, -0.05) is 167 Å². The molecule has 0 bridgehead atoms. The molecule has 0 aromatic heterocycles. The molecule has 0 amide bonds. The summed E-state index contributed by atoms with van der Waals surface area (Å²) in [7, 11) is -8.89. The van der Waals surface area contributed by atoms with Gasteiger partial charge in [-0.2, -0.15) is 0 Å². The average molecular weight is 847 g/mol. The Labute approximate surface area is 376 Å². The normalized spacial score (nSPS) is 11.8. The van der Waals surface area contributed by atoms with Crippen LogP contribution in [0.1, 0.15) is 178 Å². The van der Waals surface area contributed by atoms with E-state index in [0.29, 0.717) is 0 Å². The van der Waals surface area contributed by atoms with Crippen LogP contribution in [0.5, 0.6) is 0 Å². The molecule has 6 nitrogen and oxygen atoms in total. The van der Waals surface area contributed by atoms with E-state index < -0.39 is 20.2 Å². The predicted molar refractivity (Wildman–Crippen MR) is 239 cm³/mol. The quantitative estimate of drug-likeness (QED) is 0.0353. The van der Waals surface area contributed by atoms with Crippen LogP contribution in [-0.2, 0) is 45.9 Å². The molecule has 0 aliphatic heterocycles. The van der Waals surface area contributed by atoms with Gasteiger partial charge in [0, 0.05) is 0 Å². The number of fused-ring (bicyclic) bond motifs is 2. The van der Waals surface area contributed by atoms with Gasteiger partial charge in [-0.3, -0.25) is 0 Å². The van der Waals surface area contributed by atoms with Crippen molar-refractivity contribution >= 4 is 79.5 Å². The zero-order valence-electron chi connectivity index (χ0n) is 35.7. The van der Waals surface area contributed by atoms with Gasteiger partial charge in [-0.05, 0) is 119 Å². The van der Waals surface area contributed by atoms with Crippen molar-refractivity contribution in [2.45, 2.75) is 192 Å². The molecule has 312 valence electrons. The molecule has 4 rings (SSSR count). The Bertz CT molecular complexity index is 1830. The summed E-state index contributed by atoms with van der Waals surface area (Å²) >= 11 is 0. The molecule has 0 radical (unpaired) electrons. The van der Waals surface area contributed by atoms with Crippen molar-refractivity contribution in [1.82, 2.24) is 0 Å². The first kappa shape index (κ1) is 51.6. The minimum absolute atomic E-state index is 0. The van der Waals surface area contributed by atoms with Crippen LogP contribution in [0.3, 0.4) is 0 Å². The number of aryl methyl sites for hydroxylation is 4. The Morgan fingerprint density at radius 3 is 0.947 bits per heavy atom. The fraction of sp³-hybridized carbons (Fsp3) is 0.583. The standard InChI is InChI=1S/2C24H36O3S.Ca/c2*1-3-5-7-9-11-14-20-16-13-17-22-19-23(28(25,26)27)18-21(24(20)22)15-12-10-8-6-4-2;/h2*13,16-19H,3-12,14-15H2,1-2H3,(H,25,26,27);/q;;+2/p-2. The van der Waals surface area contributed by atoms with Crippen LogP contribution in [0.2, 0.25) is 0 Å². The number of benzene rings is 4. The average Bonchev–Trinajstić information content (AvgIpc) is 3.16. The van der Waals surface area contributed by atoms with Crippen LogP contribution in [0.15, 0.2) is 70.5 Å². The van der Waals surface area contributed by atoms with Crippen LogP contribution in [0.25, 0.3) is 21.5 Å². The van der Waals surface area contributed by atoms with E-state index in [1.165, 1.54) is 112 Å². The molecule has 9 heteroatoms. The minimum atomic E-state index is -4.45. The fourth-order valence-electron chi connectivity index (χ4n) is 7.92. The number of rotatable bonds is 26. The van der Waals surface area contributed by atoms with Crippen LogP contribution in [0, 0.1) is 0 Å². The first-order valence-corrected chi connectivity index (χ1v) is 24.8. The summed E-state index contributed by atoms with van der Waals surface area (Å²) in [4.78, 5) is -0.188. The molecule has 0 aliphatic carbocycles. The summed E-state index contributed by atoms with van der Waals surface area (Å²) in [5.41, 5.74) is 4.61. The number of hydrogen-bond donors (Lipinski definition) is 0. The van der Waals surface area contributed by atoms with E-state index in [4.69, 9.17) is 0 Å². The molecule has 0 aliphatic rings. The van der Waals surface area contributed by atoms with Gasteiger partial charge >= 0.3 is 37.7 Å². The van der Waals surface area contributed by atoms with Gasteiger partial charge in [0.25, 0.3) is 0 Å². The van der Waals surface area contributed by atoms with Crippen molar-refractivity contribution in [2.24, 2.45) is 0 Å². The van der Waals surface area contributed by atoms with Gasteiger partial charge in [0.2, 0.25) is 0 Å². The van der Waals surface area contributed by atoms with Crippen LogP contribution < -0.4 is 0 Å². The molecule has 0 heterocycles. The van der Waals surface area contributed by atoms with Crippen LogP contribution in [-0.4, -0.2) is 63.7 Å². The Balaban J connectivity index is 0.000000387. The zero-order chi connectivity index (χ0) is 40.8. The van der Waals surface area contributed by atoms with Crippen LogP contribution >= 0.6 is 0 Å². The van der Waals surface area contributed by atoms with Gasteiger partial charge < -0.3 is 9.11 Å². The summed E-state index contributed by atoms with van der Waals surface area (Å²) in [5.74, 6) is 0. The Morgan fingerprint density at radius 2 is 0.667 bits per heavy atom. The SMILES string of the molecule is CCCCCCCc1cccc2cc(S(=O)(=O)[O-])cc(CCCCCCC)c12.CCCCCCCc1cccc2cc(S(=O)(=O)[O-])cc(CCCCCCC)c12.[Ca+2]. The van der Waals surface area contributed by atoms with Crippen molar-refractivity contribution in [3.63, 3.8) is 0 Å². The second kappa shape index (κ2) is 28.1. The maximum Gasteiger partial charge on any atom is 2.00 e. The maximum absolute atomic E-state index is 11.6. The van der Waals surface area contributed by atoms with E-state index in [1.807, 2.05) is 24.3 Å². The fourth-order valence-corrected chi connectivity index (χ4v) is 9.03. The van der Waals surface area contributed by atoms with E-state index in [2.05, 4.69) is 39.8 Å². The Kier molecular flexibility index (Phi) is 25.4. The third-order valence-corrected chi connectivity index (χ3v) is 12.6. The van der Waals surface area contributed by atoms with E-state index >= 15 is 0 Å². The molecule has 0 unspecified atom stereocenters. The molecule has 4 aromatic rings. The van der Waals surface area contributed by atoms with Gasteiger partial charge in [-0.25, -0.2) is 16.8 Å². The molecule has 4 aromatic carbocycles. The molecule has 0 fully saturated rings. The summed E-state index contributed by atoms with van der Waals surface area (Å²) in [6, 6.07) is 18.5. The van der Waals surface area contributed by atoms with E-state index in [1.54, 1.807) is 24.3 Å². The molecule has 0 atom stereocenters. The van der Waals surface area contributed by atoms with Gasteiger partial charge in [-0.15, -0.1) is 0 Å². The third-order valence-electron chi connectivity index (χ3n) is 11.0. The molecule has 57 heavy (non-hydrogen) atoms. The number of unbranched alkanes of at least 4 members (excludes halogenated alkanes) is 16. The zero-order valence-corrected chi connectivity index (χ0v) is 39.6. The molecule has 0 N–H and O–H groups in total. The summed E-state index contributed by atoms with van der Waals surface area (Å²) in [6.45, 7) is 8.84. The summed E-state index contributed by atoms with van der Waals surface area (Å²) in [6.07, 6.45) is 27.6. The van der Waals surface area contributed by atoms with E-state index in [0.717, 1.165) is 86.1 Å². The molecule has 0 saturated heterocycles. The van der Waals surface area contributed by atoms with Crippen molar-refractivity contribution in [1.29, 1.82) is 0 Å². The van der Waals surface area contributed by atoms with Crippen molar-refractivity contribution in [3.8, 4) is 0 Å². The first-order chi connectivity index (χ1) is 26.9.